The van der Waals surface area contributed by atoms with E-state index in [4.69, 9.17) is 5.73 Å². The fraction of sp³-hybridized carbons (Fsp3) is 0.333. The minimum Gasteiger partial charge on any atom is -0.396 e. The number of anilines is 1. The van der Waals surface area contributed by atoms with Gasteiger partial charge in [0.15, 0.2) is 5.69 Å². The Morgan fingerprint density at radius 2 is 2.26 bits per heavy atom. The summed E-state index contributed by atoms with van der Waals surface area (Å²) in [5, 5.41) is 4.62. The van der Waals surface area contributed by atoms with Crippen molar-refractivity contribution in [2.75, 3.05) is 5.73 Å². The molecule has 1 amide bonds. The number of carbonyl (C=O) groups excluding carboxylic acids is 1. The number of nitrogens with zero attached hydrogens (tertiary/aromatic N) is 3. The first-order valence-corrected chi connectivity index (χ1v) is 6.80. The molecule has 0 aliphatic rings. The lowest BCUT2D eigenvalue weighted by molar-refractivity contribution is 0.0946. The third-order valence-corrected chi connectivity index (χ3v) is 3.12. The van der Waals surface area contributed by atoms with Gasteiger partial charge in [-0.3, -0.25) is 4.79 Å². The fourth-order valence-electron chi connectivity index (χ4n) is 1.44. The topological polar surface area (TPSA) is 93.8 Å². The quantitative estimate of drug-likeness (QED) is 0.884. The summed E-state index contributed by atoms with van der Waals surface area (Å²) in [6, 6.07) is 0. The molecule has 2 heterocycles. The third-order valence-electron chi connectivity index (χ3n) is 2.48. The van der Waals surface area contributed by atoms with E-state index < -0.39 is 0 Å². The van der Waals surface area contributed by atoms with Crippen molar-refractivity contribution in [1.29, 1.82) is 0 Å². The molecule has 0 aromatic carbocycles. The molecule has 0 unspecified atom stereocenters. The van der Waals surface area contributed by atoms with Gasteiger partial charge in [-0.2, -0.15) is 0 Å². The first-order chi connectivity index (χ1) is 9.08. The van der Waals surface area contributed by atoms with E-state index in [-0.39, 0.29) is 23.2 Å². The number of rotatable bonds is 4. The Morgan fingerprint density at radius 1 is 1.47 bits per heavy atom. The summed E-state index contributed by atoms with van der Waals surface area (Å²) in [6.07, 6.45) is 1.47. The zero-order valence-electron chi connectivity index (χ0n) is 10.8. The van der Waals surface area contributed by atoms with Crippen LogP contribution in [-0.2, 0) is 6.54 Å². The molecule has 0 fully saturated rings. The predicted octanol–water partition coefficient (Wildman–Crippen LogP) is 1.57. The Kier molecular flexibility index (Phi) is 4.06. The minimum absolute atomic E-state index is 0.144. The molecule has 0 bridgehead atoms. The van der Waals surface area contributed by atoms with E-state index in [9.17, 15) is 4.79 Å². The molecule has 0 saturated carbocycles. The van der Waals surface area contributed by atoms with Gasteiger partial charge in [0, 0.05) is 11.3 Å². The highest BCUT2D eigenvalue weighted by molar-refractivity contribution is 7.07. The average Bonchev–Trinajstić information content (AvgIpc) is 2.89. The Morgan fingerprint density at radius 3 is 2.89 bits per heavy atom. The molecule has 0 aliphatic carbocycles. The molecular weight excluding hydrogens is 262 g/mol. The van der Waals surface area contributed by atoms with E-state index in [1.54, 1.807) is 5.51 Å². The van der Waals surface area contributed by atoms with Gasteiger partial charge in [-0.1, -0.05) is 13.8 Å². The number of nitrogens with two attached hydrogens (primary N) is 1. The molecule has 7 heteroatoms. The summed E-state index contributed by atoms with van der Waals surface area (Å²) < 4.78 is 0. The van der Waals surface area contributed by atoms with Crippen LogP contribution in [0.3, 0.4) is 0 Å². The summed E-state index contributed by atoms with van der Waals surface area (Å²) in [6.45, 7) is 4.29. The van der Waals surface area contributed by atoms with E-state index in [2.05, 4.69) is 20.3 Å². The average molecular weight is 277 g/mol. The number of amides is 1. The maximum Gasteiger partial charge on any atom is 0.272 e. The fourth-order valence-corrected chi connectivity index (χ4v) is 2.00. The van der Waals surface area contributed by atoms with Gasteiger partial charge in [0.1, 0.15) is 5.82 Å². The van der Waals surface area contributed by atoms with Crippen molar-refractivity contribution in [3.05, 3.63) is 34.3 Å². The first kappa shape index (κ1) is 13.4. The Balaban J connectivity index is 2.11. The smallest absolute Gasteiger partial charge is 0.272 e. The molecule has 0 saturated heterocycles. The number of thiazole rings is 1. The summed E-state index contributed by atoms with van der Waals surface area (Å²) in [5.74, 6) is 0.438. The molecule has 100 valence electrons. The predicted molar refractivity (Wildman–Crippen MR) is 73.8 cm³/mol. The van der Waals surface area contributed by atoms with Crippen LogP contribution in [0.15, 0.2) is 17.1 Å². The van der Waals surface area contributed by atoms with Crippen molar-refractivity contribution in [3.8, 4) is 0 Å². The van der Waals surface area contributed by atoms with Crippen LogP contribution >= 0.6 is 11.3 Å². The zero-order chi connectivity index (χ0) is 13.8. The number of hydrogen-bond acceptors (Lipinski definition) is 6. The SMILES string of the molecule is CC(C)c1ncc(N)c(C(=O)NCc2cscn2)n1. The van der Waals surface area contributed by atoms with Crippen LogP contribution in [0.4, 0.5) is 5.69 Å². The van der Waals surface area contributed by atoms with Crippen molar-refractivity contribution in [2.24, 2.45) is 0 Å². The van der Waals surface area contributed by atoms with Gasteiger partial charge in [-0.25, -0.2) is 15.0 Å². The van der Waals surface area contributed by atoms with Gasteiger partial charge < -0.3 is 11.1 Å². The minimum atomic E-state index is -0.310. The van der Waals surface area contributed by atoms with E-state index in [0.717, 1.165) is 5.69 Å². The summed E-state index contributed by atoms with van der Waals surface area (Å²) in [7, 11) is 0. The molecule has 2 aromatic heterocycles. The highest BCUT2D eigenvalue weighted by atomic mass is 32.1. The van der Waals surface area contributed by atoms with Crippen LogP contribution in [0.2, 0.25) is 0 Å². The van der Waals surface area contributed by atoms with Gasteiger partial charge in [-0.15, -0.1) is 11.3 Å². The van der Waals surface area contributed by atoms with E-state index >= 15 is 0 Å². The van der Waals surface area contributed by atoms with Crippen molar-refractivity contribution >= 4 is 22.9 Å². The van der Waals surface area contributed by atoms with Gasteiger partial charge in [0.05, 0.1) is 29.6 Å². The van der Waals surface area contributed by atoms with Crippen molar-refractivity contribution in [2.45, 2.75) is 26.3 Å². The lowest BCUT2D eigenvalue weighted by Crippen LogP contribution is -2.25. The van der Waals surface area contributed by atoms with Crippen LogP contribution < -0.4 is 11.1 Å². The van der Waals surface area contributed by atoms with Gasteiger partial charge in [-0.05, 0) is 0 Å². The van der Waals surface area contributed by atoms with Crippen molar-refractivity contribution in [3.63, 3.8) is 0 Å². The van der Waals surface area contributed by atoms with Crippen LogP contribution in [0.25, 0.3) is 0 Å². The zero-order valence-corrected chi connectivity index (χ0v) is 11.6. The number of nitrogens with one attached hydrogen (secondary N) is 1. The Hall–Kier alpha value is -2.02. The number of aromatic nitrogens is 3. The maximum absolute atomic E-state index is 12.0. The molecule has 6 nitrogen and oxygen atoms in total. The van der Waals surface area contributed by atoms with Crippen LogP contribution in [0, 0.1) is 0 Å². The largest absolute Gasteiger partial charge is 0.396 e. The van der Waals surface area contributed by atoms with E-state index in [1.807, 2.05) is 19.2 Å². The van der Waals surface area contributed by atoms with Gasteiger partial charge >= 0.3 is 0 Å². The Labute approximate surface area is 115 Å². The van der Waals surface area contributed by atoms with E-state index in [0.29, 0.717) is 12.4 Å². The highest BCUT2D eigenvalue weighted by Gasteiger charge is 2.14. The molecule has 0 radical (unpaired) electrons. The second-order valence-corrected chi connectivity index (χ2v) is 5.07. The van der Waals surface area contributed by atoms with Crippen LogP contribution in [0.5, 0.6) is 0 Å². The molecule has 19 heavy (non-hydrogen) atoms. The van der Waals surface area contributed by atoms with Crippen LogP contribution in [0.1, 0.15) is 41.8 Å². The molecule has 2 aromatic rings. The number of carbonyl (C=O) groups is 1. The molecule has 0 aliphatic heterocycles. The van der Waals surface area contributed by atoms with Crippen molar-refractivity contribution < 1.29 is 4.79 Å². The number of hydrogen-bond donors (Lipinski definition) is 2. The second kappa shape index (κ2) is 5.75. The molecule has 0 atom stereocenters. The second-order valence-electron chi connectivity index (χ2n) is 4.35. The molecule has 3 N–H and O–H groups in total. The Bertz CT molecular complexity index is 568. The normalized spacial score (nSPS) is 10.7. The summed E-state index contributed by atoms with van der Waals surface area (Å²) in [4.78, 5) is 24.4. The molecular formula is C12H15N5OS. The number of nitrogen functional groups attached to an aromatic ring is 1. The van der Waals surface area contributed by atoms with Gasteiger partial charge in [0.2, 0.25) is 0 Å². The summed E-state index contributed by atoms with van der Waals surface area (Å²) >= 11 is 1.48. The lowest BCUT2D eigenvalue weighted by atomic mass is 10.2. The summed E-state index contributed by atoms with van der Waals surface area (Å²) in [5.41, 5.74) is 8.77. The third kappa shape index (κ3) is 3.25. The van der Waals surface area contributed by atoms with Crippen molar-refractivity contribution in [1.82, 2.24) is 20.3 Å². The molecule has 0 spiro atoms. The monoisotopic (exact) mass is 277 g/mol. The lowest BCUT2D eigenvalue weighted by Gasteiger charge is -2.09. The van der Waals surface area contributed by atoms with Gasteiger partial charge in [0.25, 0.3) is 5.91 Å². The van der Waals surface area contributed by atoms with Crippen LogP contribution in [-0.4, -0.2) is 20.9 Å². The standard InChI is InChI=1S/C12H15N5OS/c1-7(2)11-14-4-9(13)10(17-11)12(18)15-3-8-5-19-6-16-8/h4-7H,3,13H2,1-2H3,(H,15,18). The van der Waals surface area contributed by atoms with E-state index in [1.165, 1.54) is 17.5 Å². The molecule has 2 rings (SSSR count). The maximum atomic E-state index is 12.0. The first-order valence-electron chi connectivity index (χ1n) is 5.85. The highest BCUT2D eigenvalue weighted by Crippen LogP contribution is 2.13.